The van der Waals surface area contributed by atoms with Crippen molar-refractivity contribution in [2.75, 3.05) is 18.4 Å². The summed E-state index contributed by atoms with van der Waals surface area (Å²) in [4.78, 5) is 21.8. The first kappa shape index (κ1) is 31.3. The zero-order chi connectivity index (χ0) is 30.8. The van der Waals surface area contributed by atoms with Crippen molar-refractivity contribution >= 4 is 23.9 Å². The molecule has 1 heterocycles. The highest BCUT2D eigenvalue weighted by atomic mass is 32.2. The Hall–Kier alpha value is -3.14. The number of benzene rings is 2. The minimum absolute atomic E-state index is 0.152. The van der Waals surface area contributed by atoms with E-state index in [4.69, 9.17) is 14.7 Å². The van der Waals surface area contributed by atoms with Crippen molar-refractivity contribution in [2.24, 2.45) is 10.8 Å². The van der Waals surface area contributed by atoms with Crippen LogP contribution in [0.3, 0.4) is 0 Å². The average molecular weight is 604 g/mol. The van der Waals surface area contributed by atoms with Gasteiger partial charge in [-0.1, -0.05) is 45.0 Å². The maximum absolute atomic E-state index is 11.4. The SMILES string of the molecule is CNC1CC2(C1)CC(NC(COc1cc(-c3c(C)cccc3C)nc(NSc3cccc(C(=O)O)c3)n1)CC(C)(C)C)C2. The molecular formula is C34H45N5O3S. The number of aromatic nitrogens is 2. The molecule has 0 amide bonds. The van der Waals surface area contributed by atoms with Gasteiger partial charge < -0.3 is 20.5 Å². The Kier molecular flexibility index (Phi) is 9.34. The van der Waals surface area contributed by atoms with Crippen LogP contribution in [0.2, 0.25) is 0 Å². The zero-order valence-corrected chi connectivity index (χ0v) is 27.0. The van der Waals surface area contributed by atoms with Gasteiger partial charge in [0.25, 0.3) is 0 Å². The van der Waals surface area contributed by atoms with Gasteiger partial charge in [0.05, 0.1) is 11.3 Å². The second-order valence-corrected chi connectivity index (χ2v) is 14.5. The molecule has 9 heteroatoms. The standard InChI is InChI=1S/C34H45N5O3S/c1-21-9-7-10-22(2)30(21)28-14-29(38-32(37-28)39-43-27-12-8-11-23(13-27)31(40)41)42-20-26(15-33(3,4)5)36-25-18-34(19-25)16-24(17-34)35-6/h7-14,24-26,35-36H,15-20H2,1-6H3,(H,40,41)(H,37,38,39). The summed E-state index contributed by atoms with van der Waals surface area (Å²) in [5, 5.41) is 16.7. The van der Waals surface area contributed by atoms with E-state index in [1.807, 2.05) is 18.2 Å². The van der Waals surface area contributed by atoms with Crippen molar-refractivity contribution in [3.05, 3.63) is 65.2 Å². The Morgan fingerprint density at radius 3 is 2.37 bits per heavy atom. The lowest BCUT2D eigenvalue weighted by Crippen LogP contribution is -2.61. The molecule has 2 saturated carbocycles. The lowest BCUT2D eigenvalue weighted by atomic mass is 9.52. The van der Waals surface area contributed by atoms with E-state index in [1.54, 1.807) is 18.2 Å². The van der Waals surface area contributed by atoms with Crippen molar-refractivity contribution in [1.82, 2.24) is 20.6 Å². The molecule has 1 aromatic heterocycles. The topological polar surface area (TPSA) is 108 Å². The molecule has 2 aromatic carbocycles. The monoisotopic (exact) mass is 603 g/mol. The number of hydrogen-bond acceptors (Lipinski definition) is 8. The molecule has 1 unspecified atom stereocenters. The Labute approximate surface area is 260 Å². The summed E-state index contributed by atoms with van der Waals surface area (Å²) in [6, 6.07) is 16.3. The summed E-state index contributed by atoms with van der Waals surface area (Å²) >= 11 is 1.28. The Morgan fingerprint density at radius 1 is 1.05 bits per heavy atom. The summed E-state index contributed by atoms with van der Waals surface area (Å²) in [6.07, 6.45) is 6.05. The highest BCUT2D eigenvalue weighted by Gasteiger charge is 2.52. The maximum Gasteiger partial charge on any atom is 0.335 e. The molecule has 0 bridgehead atoms. The molecular weight excluding hydrogens is 558 g/mol. The summed E-state index contributed by atoms with van der Waals surface area (Å²) < 4.78 is 9.67. The van der Waals surface area contributed by atoms with Gasteiger partial charge in [-0.15, -0.1) is 0 Å². The number of carbonyl (C=O) groups is 1. The van der Waals surface area contributed by atoms with Gasteiger partial charge in [-0.25, -0.2) is 9.78 Å². The van der Waals surface area contributed by atoms with Crippen LogP contribution in [0.5, 0.6) is 5.88 Å². The lowest BCUT2D eigenvalue weighted by molar-refractivity contribution is -0.0335. The molecule has 8 nitrogen and oxygen atoms in total. The number of carboxylic acid groups (broad SMARTS) is 1. The van der Waals surface area contributed by atoms with Crippen LogP contribution < -0.4 is 20.1 Å². The van der Waals surface area contributed by atoms with E-state index in [9.17, 15) is 9.90 Å². The van der Waals surface area contributed by atoms with Crippen molar-refractivity contribution in [3.63, 3.8) is 0 Å². The molecule has 0 saturated heterocycles. The number of anilines is 1. The molecule has 1 spiro atoms. The van der Waals surface area contributed by atoms with E-state index in [2.05, 4.69) is 69.2 Å². The summed E-state index contributed by atoms with van der Waals surface area (Å²) in [7, 11) is 2.07. The second kappa shape index (κ2) is 12.8. The Balaban J connectivity index is 1.33. The molecule has 0 radical (unpaired) electrons. The minimum Gasteiger partial charge on any atom is -0.478 e. The van der Waals surface area contributed by atoms with Crippen LogP contribution in [0, 0.1) is 24.7 Å². The molecule has 0 aliphatic heterocycles. The lowest BCUT2D eigenvalue weighted by Gasteiger charge is -2.58. The third-order valence-corrected chi connectivity index (χ3v) is 9.44. The number of hydrogen-bond donors (Lipinski definition) is 4. The highest BCUT2D eigenvalue weighted by Crippen LogP contribution is 2.56. The normalized spacial score (nSPS) is 22.0. The van der Waals surface area contributed by atoms with Crippen molar-refractivity contribution in [1.29, 1.82) is 0 Å². The summed E-state index contributed by atoms with van der Waals surface area (Å²) in [5.74, 6) is -0.0420. The molecule has 230 valence electrons. The number of rotatable bonds is 12. The molecule has 2 aliphatic carbocycles. The summed E-state index contributed by atoms with van der Waals surface area (Å²) in [6.45, 7) is 11.5. The van der Waals surface area contributed by atoms with E-state index >= 15 is 0 Å². The van der Waals surface area contributed by atoms with Crippen LogP contribution in [0.4, 0.5) is 5.95 Å². The Morgan fingerprint density at radius 2 is 1.72 bits per heavy atom. The van der Waals surface area contributed by atoms with Gasteiger partial charge in [-0.05, 0) is 105 Å². The van der Waals surface area contributed by atoms with Crippen LogP contribution in [0.1, 0.15) is 74.4 Å². The van der Waals surface area contributed by atoms with Crippen LogP contribution >= 0.6 is 11.9 Å². The minimum atomic E-state index is -0.961. The smallest absolute Gasteiger partial charge is 0.335 e. The Bertz CT molecular complexity index is 1420. The first-order valence-electron chi connectivity index (χ1n) is 15.2. The number of aryl methyl sites for hydroxylation is 2. The summed E-state index contributed by atoms with van der Waals surface area (Å²) in [5.41, 5.74) is 5.01. The molecule has 5 rings (SSSR count). The highest BCUT2D eigenvalue weighted by molar-refractivity contribution is 8.00. The number of ether oxygens (including phenoxy) is 1. The fourth-order valence-electron chi connectivity index (χ4n) is 6.74. The molecule has 4 N–H and O–H groups in total. The largest absolute Gasteiger partial charge is 0.478 e. The first-order chi connectivity index (χ1) is 20.4. The van der Waals surface area contributed by atoms with E-state index in [0.717, 1.165) is 33.7 Å². The average Bonchev–Trinajstić information content (AvgIpc) is 2.90. The predicted octanol–water partition coefficient (Wildman–Crippen LogP) is 6.88. The fourth-order valence-corrected chi connectivity index (χ4v) is 7.37. The van der Waals surface area contributed by atoms with Gasteiger partial charge in [-0.2, -0.15) is 4.98 Å². The van der Waals surface area contributed by atoms with Crippen LogP contribution in [-0.4, -0.2) is 52.8 Å². The van der Waals surface area contributed by atoms with Gasteiger partial charge in [-0.3, -0.25) is 4.72 Å². The van der Waals surface area contributed by atoms with Gasteiger partial charge >= 0.3 is 5.97 Å². The van der Waals surface area contributed by atoms with Gasteiger partial charge in [0.15, 0.2) is 0 Å². The molecule has 43 heavy (non-hydrogen) atoms. The maximum atomic E-state index is 11.4. The van der Waals surface area contributed by atoms with E-state index < -0.39 is 5.97 Å². The predicted molar refractivity (Wildman–Crippen MR) is 174 cm³/mol. The number of nitrogens with one attached hydrogen (secondary N) is 3. The third kappa shape index (κ3) is 7.88. The zero-order valence-electron chi connectivity index (χ0n) is 26.2. The van der Waals surface area contributed by atoms with E-state index in [1.165, 1.54) is 37.6 Å². The van der Waals surface area contributed by atoms with Crippen molar-refractivity contribution in [3.8, 4) is 17.1 Å². The fraction of sp³-hybridized carbons (Fsp3) is 0.500. The second-order valence-electron chi connectivity index (χ2n) is 13.7. The van der Waals surface area contributed by atoms with E-state index in [-0.39, 0.29) is 17.0 Å². The molecule has 3 aromatic rings. The van der Waals surface area contributed by atoms with E-state index in [0.29, 0.717) is 35.9 Å². The van der Waals surface area contributed by atoms with Crippen molar-refractivity contribution in [2.45, 2.75) is 89.7 Å². The van der Waals surface area contributed by atoms with Crippen LogP contribution in [0.15, 0.2) is 53.4 Å². The van der Waals surface area contributed by atoms with Gasteiger partial charge in [0, 0.05) is 34.7 Å². The van der Waals surface area contributed by atoms with Gasteiger partial charge in [0.2, 0.25) is 11.8 Å². The molecule has 2 aliphatic rings. The van der Waals surface area contributed by atoms with Crippen LogP contribution in [-0.2, 0) is 0 Å². The van der Waals surface area contributed by atoms with Gasteiger partial charge in [0.1, 0.15) is 6.61 Å². The first-order valence-corrected chi connectivity index (χ1v) is 16.0. The number of carboxylic acids is 1. The molecule has 1 atom stereocenters. The van der Waals surface area contributed by atoms with Crippen LogP contribution in [0.25, 0.3) is 11.3 Å². The third-order valence-electron chi connectivity index (χ3n) is 8.67. The molecule has 2 fully saturated rings. The number of aromatic carboxylic acids is 1. The number of nitrogens with zero attached hydrogens (tertiary/aromatic N) is 2. The quantitative estimate of drug-likeness (QED) is 0.165. The van der Waals surface area contributed by atoms with Crippen molar-refractivity contribution < 1.29 is 14.6 Å².